The van der Waals surface area contributed by atoms with Crippen molar-refractivity contribution in [2.75, 3.05) is 13.2 Å². The van der Waals surface area contributed by atoms with E-state index in [2.05, 4.69) is 32.1 Å². The standard InChI is InChI=1S/C45H83O13P/c1-3-5-7-9-11-12-13-14-15-16-17-18-19-20-21-22-23-24-25-26-28-30-32-34-39(47)57-37(35-55-38(46)33-31-29-27-10-8-6-4-2)36-56-59(53,54)58-45-43(51)41(49)40(48)42(50)44(45)52/h22-23,26,28,37,40-45,48-52H,3-21,24-25,27,29-36H2,1-2H3,(H,53,54)/b23-22+,28-26+/t37-,40?,41-,42?,43?,44?,45?/m1/s1. The summed E-state index contributed by atoms with van der Waals surface area (Å²) in [5, 5.41) is 50.0. The molecule has 0 saturated heterocycles. The molecule has 1 rings (SSSR count). The molecule has 1 aliphatic rings. The van der Waals surface area contributed by atoms with Crippen LogP contribution in [0.2, 0.25) is 0 Å². The minimum absolute atomic E-state index is 0.0394. The molecular weight excluding hydrogens is 779 g/mol. The lowest BCUT2D eigenvalue weighted by molar-refractivity contribution is -0.220. The van der Waals surface area contributed by atoms with Gasteiger partial charge in [0.25, 0.3) is 0 Å². The lowest BCUT2D eigenvalue weighted by Gasteiger charge is -2.41. The number of carbonyl (C=O) groups is 2. The van der Waals surface area contributed by atoms with E-state index in [0.29, 0.717) is 19.3 Å². The third-order valence-electron chi connectivity index (χ3n) is 10.8. The molecule has 1 aliphatic carbocycles. The summed E-state index contributed by atoms with van der Waals surface area (Å²) in [4.78, 5) is 35.4. The summed E-state index contributed by atoms with van der Waals surface area (Å²) in [5.74, 6) is -1.15. The molecule has 0 aliphatic heterocycles. The Morgan fingerprint density at radius 3 is 1.39 bits per heavy atom. The van der Waals surface area contributed by atoms with Gasteiger partial charge in [0.1, 0.15) is 43.2 Å². The Labute approximate surface area is 356 Å². The Bertz CT molecular complexity index is 1130. The van der Waals surface area contributed by atoms with E-state index in [1.165, 1.54) is 96.3 Å². The van der Waals surface area contributed by atoms with E-state index in [0.717, 1.165) is 51.4 Å². The van der Waals surface area contributed by atoms with Gasteiger partial charge in [-0.25, -0.2) is 4.57 Å². The zero-order chi connectivity index (χ0) is 43.6. The van der Waals surface area contributed by atoms with Gasteiger partial charge >= 0.3 is 19.8 Å². The minimum Gasteiger partial charge on any atom is -0.462 e. The van der Waals surface area contributed by atoms with Crippen molar-refractivity contribution in [3.8, 4) is 0 Å². The van der Waals surface area contributed by atoms with Gasteiger partial charge in [-0.1, -0.05) is 160 Å². The zero-order valence-corrected chi connectivity index (χ0v) is 37.4. The van der Waals surface area contributed by atoms with Crippen molar-refractivity contribution in [1.29, 1.82) is 0 Å². The Morgan fingerprint density at radius 1 is 0.508 bits per heavy atom. The molecule has 6 unspecified atom stereocenters. The Balaban J connectivity index is 2.38. The fourth-order valence-corrected chi connectivity index (χ4v) is 7.99. The fourth-order valence-electron chi connectivity index (χ4n) is 7.01. The van der Waals surface area contributed by atoms with Crippen molar-refractivity contribution in [1.82, 2.24) is 0 Å². The van der Waals surface area contributed by atoms with E-state index >= 15 is 0 Å². The third-order valence-corrected chi connectivity index (χ3v) is 11.8. The van der Waals surface area contributed by atoms with E-state index < -0.39 is 75.7 Å². The van der Waals surface area contributed by atoms with Crippen LogP contribution < -0.4 is 0 Å². The van der Waals surface area contributed by atoms with E-state index in [-0.39, 0.29) is 12.8 Å². The highest BCUT2D eigenvalue weighted by atomic mass is 31.2. The zero-order valence-electron chi connectivity index (χ0n) is 36.6. The summed E-state index contributed by atoms with van der Waals surface area (Å²) in [6, 6.07) is 0. The van der Waals surface area contributed by atoms with Crippen molar-refractivity contribution in [3.63, 3.8) is 0 Å². The summed E-state index contributed by atoms with van der Waals surface area (Å²) in [5.41, 5.74) is 0. The monoisotopic (exact) mass is 863 g/mol. The van der Waals surface area contributed by atoms with E-state index in [1.807, 2.05) is 6.08 Å². The molecule has 13 nitrogen and oxygen atoms in total. The molecule has 0 aromatic rings. The van der Waals surface area contributed by atoms with Crippen LogP contribution in [0.1, 0.15) is 194 Å². The predicted molar refractivity (Wildman–Crippen MR) is 230 cm³/mol. The molecule has 0 spiro atoms. The molecular formula is C45H83O13P. The highest BCUT2D eigenvalue weighted by Crippen LogP contribution is 2.47. The first-order chi connectivity index (χ1) is 28.4. The maximum atomic E-state index is 12.8. The number of ether oxygens (including phenoxy) is 2. The molecule has 0 bridgehead atoms. The van der Waals surface area contributed by atoms with Gasteiger partial charge in [-0.15, -0.1) is 0 Å². The number of phosphoric ester groups is 1. The van der Waals surface area contributed by atoms with Crippen LogP contribution in [0.5, 0.6) is 0 Å². The second-order valence-corrected chi connectivity index (χ2v) is 17.7. The number of hydrogen-bond acceptors (Lipinski definition) is 12. The Morgan fingerprint density at radius 2 is 0.898 bits per heavy atom. The molecule has 0 aromatic heterocycles. The lowest BCUT2D eigenvalue weighted by Crippen LogP contribution is -2.64. The molecule has 1 fully saturated rings. The van der Waals surface area contributed by atoms with Gasteiger partial charge in [0.05, 0.1) is 6.61 Å². The summed E-state index contributed by atoms with van der Waals surface area (Å²) in [6.07, 6.45) is 25.8. The normalized spacial score (nSPS) is 22.5. The van der Waals surface area contributed by atoms with Gasteiger partial charge < -0.3 is 39.9 Å². The minimum atomic E-state index is -5.12. The number of rotatable bonds is 38. The van der Waals surface area contributed by atoms with Crippen molar-refractivity contribution in [3.05, 3.63) is 24.3 Å². The van der Waals surface area contributed by atoms with Crippen molar-refractivity contribution >= 4 is 19.8 Å². The Hall–Kier alpha value is -1.67. The molecule has 0 radical (unpaired) electrons. The highest BCUT2D eigenvalue weighted by molar-refractivity contribution is 7.47. The summed E-state index contributed by atoms with van der Waals surface area (Å²) < 4.78 is 33.3. The van der Waals surface area contributed by atoms with Crippen molar-refractivity contribution in [2.24, 2.45) is 0 Å². The predicted octanol–water partition coefficient (Wildman–Crippen LogP) is 8.84. The number of phosphoric acid groups is 1. The SMILES string of the molecule is CCCCCCCCCCCCCCCC/C=C/CC/C=C/CCCC(=O)O[C@H](COC(=O)CCCCCCCCC)COP(=O)(O)OC1C(O)C(O)C(O)[C@@H](O)C1O. The number of aliphatic hydroxyl groups is 5. The first-order valence-corrected chi connectivity index (χ1v) is 24.6. The van der Waals surface area contributed by atoms with Crippen LogP contribution in [-0.2, 0) is 32.7 Å². The summed E-state index contributed by atoms with van der Waals surface area (Å²) >= 11 is 0. The van der Waals surface area contributed by atoms with Gasteiger partial charge in [0.2, 0.25) is 0 Å². The van der Waals surface area contributed by atoms with Crippen molar-refractivity contribution in [2.45, 2.75) is 236 Å². The molecule has 59 heavy (non-hydrogen) atoms. The highest BCUT2D eigenvalue weighted by Gasteiger charge is 2.51. The molecule has 0 aromatic carbocycles. The molecule has 6 N–H and O–H groups in total. The quantitative estimate of drug-likeness (QED) is 0.0149. The number of esters is 2. The van der Waals surface area contributed by atoms with Gasteiger partial charge in [-0.2, -0.15) is 0 Å². The topological polar surface area (TPSA) is 210 Å². The largest absolute Gasteiger partial charge is 0.472 e. The first kappa shape index (κ1) is 55.3. The molecule has 0 heterocycles. The number of carbonyl (C=O) groups excluding carboxylic acids is 2. The number of hydrogen-bond donors (Lipinski definition) is 6. The van der Waals surface area contributed by atoms with Crippen LogP contribution in [0.25, 0.3) is 0 Å². The second kappa shape index (κ2) is 35.9. The number of allylic oxidation sites excluding steroid dienone is 4. The smallest absolute Gasteiger partial charge is 0.462 e. The number of aliphatic hydroxyl groups excluding tert-OH is 5. The average Bonchev–Trinajstić information content (AvgIpc) is 3.21. The summed E-state index contributed by atoms with van der Waals surface area (Å²) in [6.45, 7) is 3.21. The molecule has 0 amide bonds. The van der Waals surface area contributed by atoms with Gasteiger partial charge in [-0.05, 0) is 44.9 Å². The third kappa shape index (κ3) is 28.5. The van der Waals surface area contributed by atoms with Crippen LogP contribution in [-0.4, -0.2) is 98.3 Å². The van der Waals surface area contributed by atoms with Gasteiger partial charge in [0.15, 0.2) is 6.10 Å². The van der Waals surface area contributed by atoms with Gasteiger partial charge in [0, 0.05) is 12.8 Å². The van der Waals surface area contributed by atoms with Crippen LogP contribution in [0, 0.1) is 0 Å². The van der Waals surface area contributed by atoms with Crippen LogP contribution >= 0.6 is 7.82 Å². The molecule has 346 valence electrons. The molecule has 8 atom stereocenters. The van der Waals surface area contributed by atoms with E-state index in [4.69, 9.17) is 18.5 Å². The maximum Gasteiger partial charge on any atom is 0.472 e. The van der Waals surface area contributed by atoms with E-state index in [9.17, 15) is 44.6 Å². The first-order valence-electron chi connectivity index (χ1n) is 23.1. The Kier molecular flexibility index (Phi) is 33.7. The average molecular weight is 863 g/mol. The fraction of sp³-hybridized carbons (Fsp3) is 0.867. The molecule has 14 heteroatoms. The van der Waals surface area contributed by atoms with E-state index in [1.54, 1.807) is 0 Å². The van der Waals surface area contributed by atoms with Crippen molar-refractivity contribution < 1.29 is 63.1 Å². The van der Waals surface area contributed by atoms with Crippen LogP contribution in [0.4, 0.5) is 0 Å². The lowest BCUT2D eigenvalue weighted by atomic mass is 9.85. The van der Waals surface area contributed by atoms with Gasteiger partial charge in [-0.3, -0.25) is 18.6 Å². The molecule has 1 saturated carbocycles. The maximum absolute atomic E-state index is 12.8. The second-order valence-electron chi connectivity index (χ2n) is 16.3. The van der Waals surface area contributed by atoms with Crippen LogP contribution in [0.15, 0.2) is 24.3 Å². The number of unbranched alkanes of at least 4 members (excludes halogenated alkanes) is 22. The van der Waals surface area contributed by atoms with Crippen LogP contribution in [0.3, 0.4) is 0 Å². The summed E-state index contributed by atoms with van der Waals surface area (Å²) in [7, 11) is -5.12.